The van der Waals surface area contributed by atoms with Gasteiger partial charge in [0.25, 0.3) is 0 Å². The quantitative estimate of drug-likeness (QED) is 0.362. The highest BCUT2D eigenvalue weighted by molar-refractivity contribution is 5.83. The summed E-state index contributed by atoms with van der Waals surface area (Å²) in [4.78, 5) is 10.6. The lowest BCUT2D eigenvalue weighted by molar-refractivity contribution is 0.216. The van der Waals surface area contributed by atoms with Crippen molar-refractivity contribution in [1.82, 2.24) is 14.9 Å². The molecule has 0 amide bonds. The predicted molar refractivity (Wildman–Crippen MR) is 140 cm³/mol. The van der Waals surface area contributed by atoms with Crippen LogP contribution in [0.4, 0.5) is 0 Å². The van der Waals surface area contributed by atoms with Crippen molar-refractivity contribution in [2.45, 2.75) is 31.6 Å². The van der Waals surface area contributed by atoms with Gasteiger partial charge in [0, 0.05) is 47.4 Å². The number of benzene rings is 2. The molecule has 5 heteroatoms. The Morgan fingerprint density at radius 1 is 1.09 bits per heavy atom. The maximum Gasteiger partial charge on any atom is 0.226 e. The Labute approximate surface area is 206 Å². The van der Waals surface area contributed by atoms with Crippen molar-refractivity contribution in [2.75, 3.05) is 26.7 Å². The van der Waals surface area contributed by atoms with E-state index in [-0.39, 0.29) is 0 Å². The number of likely N-dealkylation sites (tertiary alicyclic amines) is 1. The molecule has 1 fully saturated rings. The standard InChI is InChI=1S/C30H31N3O2/c1-34-28-11-4-12-29-25(28)19-22(23-9-5-15-31-30(23)35-29)7-6-16-33-17-13-21(14-18-33)26-20-32-27-10-3-2-8-24(26)27/h2-5,7-12,15,20-21,32H,6,13-14,16-19H2,1H3. The molecule has 2 aromatic heterocycles. The van der Waals surface area contributed by atoms with Gasteiger partial charge in [-0.15, -0.1) is 0 Å². The van der Waals surface area contributed by atoms with Crippen LogP contribution in [0.1, 0.15) is 41.9 Å². The summed E-state index contributed by atoms with van der Waals surface area (Å²) >= 11 is 0. The molecular weight excluding hydrogens is 434 g/mol. The molecule has 4 aromatic rings. The van der Waals surface area contributed by atoms with E-state index in [1.54, 1.807) is 13.3 Å². The Kier molecular flexibility index (Phi) is 6.01. The molecule has 5 nitrogen and oxygen atoms in total. The Morgan fingerprint density at radius 2 is 1.97 bits per heavy atom. The summed E-state index contributed by atoms with van der Waals surface area (Å²) in [6.45, 7) is 3.36. The van der Waals surface area contributed by atoms with Crippen molar-refractivity contribution in [3.05, 3.63) is 89.8 Å². The number of pyridine rings is 1. The topological polar surface area (TPSA) is 50.4 Å². The maximum atomic E-state index is 6.20. The molecular formula is C30H31N3O2. The average Bonchev–Trinajstić information content (AvgIpc) is 3.26. The molecule has 0 unspecified atom stereocenters. The van der Waals surface area contributed by atoms with Crippen molar-refractivity contribution >= 4 is 16.5 Å². The van der Waals surface area contributed by atoms with E-state index in [9.17, 15) is 0 Å². The van der Waals surface area contributed by atoms with Crippen molar-refractivity contribution in [2.24, 2.45) is 0 Å². The van der Waals surface area contributed by atoms with Gasteiger partial charge < -0.3 is 19.4 Å². The van der Waals surface area contributed by atoms with E-state index in [1.165, 1.54) is 34.9 Å². The number of nitrogens with one attached hydrogen (secondary N) is 1. The van der Waals surface area contributed by atoms with Crippen molar-refractivity contribution < 1.29 is 9.47 Å². The highest BCUT2D eigenvalue weighted by Gasteiger charge is 2.24. The number of allylic oxidation sites excluding steroid dienone is 1. The summed E-state index contributed by atoms with van der Waals surface area (Å²) in [6.07, 6.45) is 10.6. The van der Waals surface area contributed by atoms with Crippen LogP contribution >= 0.6 is 0 Å². The Hall–Kier alpha value is -3.57. The highest BCUT2D eigenvalue weighted by Crippen LogP contribution is 2.41. The maximum absolute atomic E-state index is 6.20. The van der Waals surface area contributed by atoms with Crippen LogP contribution in [0.2, 0.25) is 0 Å². The smallest absolute Gasteiger partial charge is 0.226 e. The second-order valence-corrected chi connectivity index (χ2v) is 9.50. The molecule has 0 saturated carbocycles. The van der Waals surface area contributed by atoms with Gasteiger partial charge in [-0.3, -0.25) is 0 Å². The lowest BCUT2D eigenvalue weighted by atomic mass is 9.89. The van der Waals surface area contributed by atoms with Crippen molar-refractivity contribution in [1.29, 1.82) is 0 Å². The molecule has 6 rings (SSSR count). The summed E-state index contributed by atoms with van der Waals surface area (Å²) in [5.74, 6) is 3.00. The number of rotatable bonds is 5. The molecule has 0 atom stereocenters. The Morgan fingerprint density at radius 3 is 2.86 bits per heavy atom. The molecule has 0 bridgehead atoms. The predicted octanol–water partition coefficient (Wildman–Crippen LogP) is 6.57. The fourth-order valence-corrected chi connectivity index (χ4v) is 5.62. The number of aromatic nitrogens is 2. The fraction of sp³-hybridized carbons (Fsp3) is 0.300. The molecule has 1 N–H and O–H groups in total. The van der Waals surface area contributed by atoms with Gasteiger partial charge in [-0.25, -0.2) is 4.98 Å². The minimum absolute atomic E-state index is 0.640. The lowest BCUT2D eigenvalue weighted by Gasteiger charge is -2.31. The van der Waals surface area contributed by atoms with E-state index in [0.29, 0.717) is 11.8 Å². The third kappa shape index (κ3) is 4.32. The molecule has 35 heavy (non-hydrogen) atoms. The first-order valence-electron chi connectivity index (χ1n) is 12.6. The number of aromatic amines is 1. The number of hydrogen-bond donors (Lipinski definition) is 1. The van der Waals surface area contributed by atoms with Crippen LogP contribution in [0.15, 0.2) is 73.1 Å². The largest absolute Gasteiger partial charge is 0.496 e. The number of H-pyrrole nitrogens is 1. The summed E-state index contributed by atoms with van der Waals surface area (Å²) < 4.78 is 11.8. The lowest BCUT2D eigenvalue weighted by Crippen LogP contribution is -2.33. The number of piperidine rings is 1. The van der Waals surface area contributed by atoms with Gasteiger partial charge in [-0.05, 0) is 79.7 Å². The molecule has 1 saturated heterocycles. The molecule has 178 valence electrons. The van der Waals surface area contributed by atoms with Crippen LogP contribution in [0.5, 0.6) is 17.4 Å². The number of para-hydroxylation sites is 1. The van der Waals surface area contributed by atoms with Crippen LogP contribution in [-0.2, 0) is 6.42 Å². The summed E-state index contributed by atoms with van der Waals surface area (Å²) in [6, 6.07) is 18.7. The van der Waals surface area contributed by atoms with Gasteiger partial charge in [-0.2, -0.15) is 0 Å². The minimum Gasteiger partial charge on any atom is -0.496 e. The van der Waals surface area contributed by atoms with Gasteiger partial charge in [-0.1, -0.05) is 30.3 Å². The van der Waals surface area contributed by atoms with Gasteiger partial charge in [0.1, 0.15) is 11.5 Å². The number of fused-ring (bicyclic) bond motifs is 3. The first-order valence-corrected chi connectivity index (χ1v) is 12.6. The first kappa shape index (κ1) is 21.9. The van der Waals surface area contributed by atoms with E-state index in [1.807, 2.05) is 24.3 Å². The molecule has 2 aliphatic rings. The van der Waals surface area contributed by atoms with E-state index in [0.717, 1.165) is 55.1 Å². The van der Waals surface area contributed by atoms with Crippen LogP contribution in [0.3, 0.4) is 0 Å². The van der Waals surface area contributed by atoms with Crippen LogP contribution in [-0.4, -0.2) is 41.6 Å². The summed E-state index contributed by atoms with van der Waals surface area (Å²) in [5, 5.41) is 1.38. The van der Waals surface area contributed by atoms with Gasteiger partial charge >= 0.3 is 0 Å². The van der Waals surface area contributed by atoms with E-state index in [2.05, 4.69) is 57.5 Å². The Balaban J connectivity index is 1.14. The second-order valence-electron chi connectivity index (χ2n) is 9.50. The van der Waals surface area contributed by atoms with Crippen LogP contribution in [0, 0.1) is 0 Å². The molecule has 0 aliphatic carbocycles. The molecule has 2 aliphatic heterocycles. The molecule has 0 radical (unpaired) electrons. The van der Waals surface area contributed by atoms with E-state index < -0.39 is 0 Å². The molecule has 4 heterocycles. The van der Waals surface area contributed by atoms with Crippen molar-refractivity contribution in [3.8, 4) is 17.4 Å². The average molecular weight is 466 g/mol. The number of methoxy groups -OCH3 is 1. The van der Waals surface area contributed by atoms with Crippen LogP contribution in [0.25, 0.3) is 16.5 Å². The number of nitrogens with zero attached hydrogens (tertiary/aromatic N) is 2. The first-order chi connectivity index (χ1) is 17.3. The zero-order valence-electron chi connectivity index (χ0n) is 20.2. The second kappa shape index (κ2) is 9.59. The fourth-order valence-electron chi connectivity index (χ4n) is 5.62. The molecule has 0 spiro atoms. The highest BCUT2D eigenvalue weighted by atomic mass is 16.5. The van der Waals surface area contributed by atoms with E-state index >= 15 is 0 Å². The van der Waals surface area contributed by atoms with Gasteiger partial charge in [0.2, 0.25) is 5.88 Å². The van der Waals surface area contributed by atoms with Crippen LogP contribution < -0.4 is 9.47 Å². The zero-order valence-corrected chi connectivity index (χ0v) is 20.2. The normalized spacial score (nSPS) is 17.6. The van der Waals surface area contributed by atoms with Crippen molar-refractivity contribution in [3.63, 3.8) is 0 Å². The monoisotopic (exact) mass is 465 g/mol. The van der Waals surface area contributed by atoms with Gasteiger partial charge in [0.15, 0.2) is 0 Å². The third-order valence-corrected chi connectivity index (χ3v) is 7.49. The Bertz CT molecular complexity index is 1370. The minimum atomic E-state index is 0.640. The third-order valence-electron chi connectivity index (χ3n) is 7.49. The summed E-state index contributed by atoms with van der Waals surface area (Å²) in [7, 11) is 1.72. The zero-order chi connectivity index (χ0) is 23.6. The molecule has 2 aromatic carbocycles. The SMILES string of the molecule is COc1cccc2c1CC(=CCCN1CCC(c3c[nH]c4ccccc34)CC1)c1cccnc1O2. The van der Waals surface area contributed by atoms with E-state index in [4.69, 9.17) is 9.47 Å². The number of hydrogen-bond acceptors (Lipinski definition) is 4. The number of ether oxygens (including phenoxy) is 2. The van der Waals surface area contributed by atoms with Gasteiger partial charge in [0.05, 0.1) is 7.11 Å². The summed E-state index contributed by atoms with van der Waals surface area (Å²) in [5.41, 5.74) is 6.14.